The Morgan fingerprint density at radius 2 is 1.34 bits per heavy atom. The van der Waals surface area contributed by atoms with Crippen LogP contribution in [-0.2, 0) is 4.74 Å². The first-order valence-electron chi connectivity index (χ1n) is 10.4. The lowest BCUT2D eigenvalue weighted by Gasteiger charge is -2.20. The average molecular weight is 391 g/mol. The van der Waals surface area contributed by atoms with Crippen molar-refractivity contribution < 1.29 is 14.2 Å². The number of hydrogen-bond acceptors (Lipinski definition) is 3. The highest BCUT2D eigenvalue weighted by molar-refractivity contribution is 5.63. The third kappa shape index (κ3) is 6.10. The lowest BCUT2D eigenvalue weighted by molar-refractivity contribution is -0.0971. The minimum absolute atomic E-state index is 0.325. The molecule has 0 aliphatic heterocycles. The van der Waals surface area contributed by atoms with Gasteiger partial charge in [-0.15, -0.1) is 0 Å². The second-order valence-electron chi connectivity index (χ2n) is 7.08. The molecule has 0 fully saturated rings. The van der Waals surface area contributed by atoms with Crippen molar-refractivity contribution in [2.75, 3.05) is 13.2 Å². The number of rotatable bonds is 10. The van der Waals surface area contributed by atoms with E-state index in [0.717, 1.165) is 23.5 Å². The lowest BCUT2D eigenvalue weighted by atomic mass is 9.99. The van der Waals surface area contributed by atoms with E-state index >= 15 is 0 Å². The molecule has 0 spiro atoms. The quantitative estimate of drug-likeness (QED) is 0.361. The molecule has 0 amide bonds. The molecule has 0 saturated carbocycles. The Labute approximate surface area is 174 Å². The lowest BCUT2D eigenvalue weighted by Crippen LogP contribution is -2.28. The van der Waals surface area contributed by atoms with Crippen molar-refractivity contribution >= 4 is 0 Å². The van der Waals surface area contributed by atoms with Gasteiger partial charge in [0, 0.05) is 6.61 Å². The molecule has 152 valence electrons. The summed E-state index contributed by atoms with van der Waals surface area (Å²) in [6, 6.07) is 26.6. The summed E-state index contributed by atoms with van der Waals surface area (Å²) in [6.45, 7) is 7.27. The van der Waals surface area contributed by atoms with Crippen molar-refractivity contribution in [1.82, 2.24) is 0 Å². The smallest absolute Gasteiger partial charge is 0.234 e. The molecule has 2 unspecified atom stereocenters. The molecule has 0 aliphatic rings. The molecule has 0 heterocycles. The molecule has 3 nitrogen and oxygen atoms in total. The molecule has 3 rings (SSSR count). The highest BCUT2D eigenvalue weighted by Crippen LogP contribution is 2.24. The maximum absolute atomic E-state index is 5.99. The Morgan fingerprint density at radius 3 is 1.97 bits per heavy atom. The Balaban J connectivity index is 1.57. The van der Waals surface area contributed by atoms with Gasteiger partial charge < -0.3 is 14.2 Å². The summed E-state index contributed by atoms with van der Waals surface area (Å²) in [7, 11) is 0. The van der Waals surface area contributed by atoms with Crippen molar-refractivity contribution in [2.24, 2.45) is 0 Å². The molecule has 0 N–H and O–H groups in total. The first kappa shape index (κ1) is 20.9. The zero-order valence-electron chi connectivity index (χ0n) is 17.5. The number of hydrogen-bond donors (Lipinski definition) is 0. The van der Waals surface area contributed by atoms with Gasteiger partial charge in [0.15, 0.2) is 6.61 Å². The molecule has 3 aromatic carbocycles. The van der Waals surface area contributed by atoms with Crippen LogP contribution in [0.4, 0.5) is 0 Å². The van der Waals surface area contributed by atoms with Crippen LogP contribution >= 0.6 is 0 Å². The maximum Gasteiger partial charge on any atom is 0.234 e. The standard InChI is InChI=1S/C26H30O3/c1-4-20(3)21-11-17-25(18-12-21)29-26(27-5-2)19-28-24-15-13-23(14-16-24)22-9-7-6-8-10-22/h6-18,20,26H,4-5,19H2,1-3H3. The van der Waals surface area contributed by atoms with Gasteiger partial charge in [0.05, 0.1) is 0 Å². The van der Waals surface area contributed by atoms with E-state index in [9.17, 15) is 0 Å². The highest BCUT2D eigenvalue weighted by atomic mass is 16.7. The SMILES string of the molecule is CCOC(COc1ccc(-c2ccccc2)cc1)Oc1ccc(C(C)CC)cc1. The molecule has 2 atom stereocenters. The molecular formula is C26H30O3. The number of ether oxygens (including phenoxy) is 3. The second kappa shape index (κ2) is 10.7. The van der Waals surface area contributed by atoms with E-state index in [1.54, 1.807) is 0 Å². The van der Waals surface area contributed by atoms with Crippen LogP contribution < -0.4 is 9.47 Å². The monoisotopic (exact) mass is 390 g/mol. The first-order chi connectivity index (χ1) is 14.2. The summed E-state index contributed by atoms with van der Waals surface area (Å²) < 4.78 is 17.6. The van der Waals surface area contributed by atoms with E-state index in [1.165, 1.54) is 11.1 Å². The minimum atomic E-state index is -0.455. The van der Waals surface area contributed by atoms with Gasteiger partial charge >= 0.3 is 0 Å². The summed E-state index contributed by atoms with van der Waals surface area (Å²) >= 11 is 0. The third-order valence-corrected chi connectivity index (χ3v) is 5.03. The predicted molar refractivity (Wildman–Crippen MR) is 119 cm³/mol. The van der Waals surface area contributed by atoms with Crippen molar-refractivity contribution in [1.29, 1.82) is 0 Å². The van der Waals surface area contributed by atoms with Gasteiger partial charge in [0.25, 0.3) is 0 Å². The van der Waals surface area contributed by atoms with Crippen LogP contribution in [0.5, 0.6) is 11.5 Å². The summed E-state index contributed by atoms with van der Waals surface area (Å²) in [5.74, 6) is 2.14. The molecule has 0 bridgehead atoms. The Morgan fingerprint density at radius 1 is 0.724 bits per heavy atom. The third-order valence-electron chi connectivity index (χ3n) is 5.03. The maximum atomic E-state index is 5.99. The van der Waals surface area contributed by atoms with Crippen molar-refractivity contribution in [3.05, 3.63) is 84.4 Å². The van der Waals surface area contributed by atoms with E-state index in [4.69, 9.17) is 14.2 Å². The van der Waals surface area contributed by atoms with Crippen molar-refractivity contribution in [3.8, 4) is 22.6 Å². The fourth-order valence-electron chi connectivity index (χ4n) is 3.10. The van der Waals surface area contributed by atoms with Gasteiger partial charge in [-0.2, -0.15) is 0 Å². The molecule has 0 aliphatic carbocycles. The molecule has 3 heteroatoms. The van der Waals surface area contributed by atoms with E-state index in [2.05, 4.69) is 50.2 Å². The molecular weight excluding hydrogens is 360 g/mol. The van der Waals surface area contributed by atoms with Crippen LogP contribution in [-0.4, -0.2) is 19.5 Å². The Bertz CT molecular complexity index is 841. The highest BCUT2D eigenvalue weighted by Gasteiger charge is 2.12. The van der Waals surface area contributed by atoms with Crippen LogP contribution in [0.1, 0.15) is 38.7 Å². The van der Waals surface area contributed by atoms with Crippen LogP contribution in [0.25, 0.3) is 11.1 Å². The van der Waals surface area contributed by atoms with E-state index in [-0.39, 0.29) is 0 Å². The summed E-state index contributed by atoms with van der Waals surface area (Å²) in [6.07, 6.45) is 0.668. The molecule has 0 radical (unpaired) electrons. The van der Waals surface area contributed by atoms with Crippen LogP contribution in [0, 0.1) is 0 Å². The van der Waals surface area contributed by atoms with Crippen LogP contribution in [0.2, 0.25) is 0 Å². The largest absolute Gasteiger partial charge is 0.487 e. The Hall–Kier alpha value is -2.78. The normalized spacial score (nSPS) is 12.9. The van der Waals surface area contributed by atoms with Crippen molar-refractivity contribution in [2.45, 2.75) is 39.4 Å². The molecule has 29 heavy (non-hydrogen) atoms. The topological polar surface area (TPSA) is 27.7 Å². The summed E-state index contributed by atoms with van der Waals surface area (Å²) in [4.78, 5) is 0. The summed E-state index contributed by atoms with van der Waals surface area (Å²) in [5, 5.41) is 0. The Kier molecular flexibility index (Phi) is 7.71. The van der Waals surface area contributed by atoms with E-state index in [0.29, 0.717) is 19.1 Å². The zero-order chi connectivity index (χ0) is 20.5. The van der Waals surface area contributed by atoms with E-state index in [1.807, 2.05) is 49.4 Å². The van der Waals surface area contributed by atoms with Crippen LogP contribution in [0.3, 0.4) is 0 Å². The first-order valence-corrected chi connectivity index (χ1v) is 10.4. The molecule has 3 aromatic rings. The fourth-order valence-corrected chi connectivity index (χ4v) is 3.10. The van der Waals surface area contributed by atoms with Crippen molar-refractivity contribution in [3.63, 3.8) is 0 Å². The number of benzene rings is 3. The van der Waals surface area contributed by atoms with Gasteiger partial charge in [-0.1, -0.05) is 68.4 Å². The van der Waals surface area contributed by atoms with Gasteiger partial charge in [0.2, 0.25) is 6.29 Å². The zero-order valence-corrected chi connectivity index (χ0v) is 17.5. The molecule has 0 saturated heterocycles. The van der Waals surface area contributed by atoms with E-state index < -0.39 is 6.29 Å². The fraction of sp³-hybridized carbons (Fsp3) is 0.308. The van der Waals surface area contributed by atoms with Gasteiger partial charge in [-0.3, -0.25) is 0 Å². The minimum Gasteiger partial charge on any atom is -0.487 e. The summed E-state index contributed by atoms with van der Waals surface area (Å²) in [5.41, 5.74) is 3.68. The van der Waals surface area contributed by atoms with Gasteiger partial charge in [-0.05, 0) is 60.2 Å². The molecule has 0 aromatic heterocycles. The van der Waals surface area contributed by atoms with Gasteiger partial charge in [-0.25, -0.2) is 0 Å². The van der Waals surface area contributed by atoms with Gasteiger partial charge in [0.1, 0.15) is 11.5 Å². The average Bonchev–Trinajstić information content (AvgIpc) is 2.78. The second-order valence-corrected chi connectivity index (χ2v) is 7.08. The predicted octanol–water partition coefficient (Wildman–Crippen LogP) is 6.69. The van der Waals surface area contributed by atoms with Crippen LogP contribution in [0.15, 0.2) is 78.9 Å².